The lowest BCUT2D eigenvalue weighted by atomic mass is 10.1. The maximum absolute atomic E-state index is 13.1. The summed E-state index contributed by atoms with van der Waals surface area (Å²) < 4.78 is 7.63. The van der Waals surface area contributed by atoms with Gasteiger partial charge >= 0.3 is 0 Å². The Hall–Kier alpha value is -2.87. The van der Waals surface area contributed by atoms with Crippen LogP contribution in [0.15, 0.2) is 46.7 Å². The minimum Gasteiger partial charge on any atom is -0.477 e. The first-order chi connectivity index (χ1) is 14.2. The predicted octanol–water partition coefficient (Wildman–Crippen LogP) is 2.54. The minimum absolute atomic E-state index is 0.0472. The normalized spacial score (nSPS) is 19.1. The molecule has 2 aliphatic heterocycles. The molecule has 0 spiro atoms. The highest BCUT2D eigenvalue weighted by Crippen LogP contribution is 2.34. The van der Waals surface area contributed by atoms with Crippen LogP contribution >= 0.6 is 11.3 Å². The number of thiazole rings is 1. The Balaban J connectivity index is 1.44. The number of benzene rings is 1. The van der Waals surface area contributed by atoms with Crippen molar-refractivity contribution in [3.63, 3.8) is 0 Å². The zero-order chi connectivity index (χ0) is 19.8. The van der Waals surface area contributed by atoms with Gasteiger partial charge in [-0.1, -0.05) is 12.1 Å². The van der Waals surface area contributed by atoms with E-state index in [1.165, 1.54) is 17.8 Å². The van der Waals surface area contributed by atoms with Gasteiger partial charge in [-0.15, -0.1) is 11.3 Å². The molecule has 8 heteroatoms. The van der Waals surface area contributed by atoms with Crippen LogP contribution in [0.5, 0.6) is 5.75 Å². The molecule has 1 atom stereocenters. The summed E-state index contributed by atoms with van der Waals surface area (Å²) in [5, 5.41) is 1.85. The highest BCUT2D eigenvalue weighted by molar-refractivity contribution is 7.15. The van der Waals surface area contributed by atoms with Crippen molar-refractivity contribution in [2.75, 3.05) is 24.5 Å². The highest BCUT2D eigenvalue weighted by atomic mass is 32.1. The van der Waals surface area contributed by atoms with Crippen molar-refractivity contribution in [3.05, 3.63) is 58.0 Å². The molecule has 2 aromatic heterocycles. The van der Waals surface area contributed by atoms with Crippen LogP contribution < -0.4 is 15.2 Å². The van der Waals surface area contributed by atoms with Gasteiger partial charge in [-0.2, -0.15) is 0 Å². The molecule has 0 aliphatic carbocycles. The van der Waals surface area contributed by atoms with Gasteiger partial charge in [0.05, 0.1) is 24.5 Å². The van der Waals surface area contributed by atoms with Crippen LogP contribution in [0.2, 0.25) is 0 Å². The van der Waals surface area contributed by atoms with Crippen LogP contribution in [-0.2, 0) is 11.3 Å². The zero-order valence-corrected chi connectivity index (χ0v) is 16.8. The van der Waals surface area contributed by atoms with Crippen molar-refractivity contribution in [1.29, 1.82) is 0 Å². The van der Waals surface area contributed by atoms with Gasteiger partial charge in [-0.05, 0) is 31.4 Å². The monoisotopic (exact) mass is 410 g/mol. The van der Waals surface area contributed by atoms with E-state index in [2.05, 4.69) is 9.88 Å². The smallest absolute Gasteiger partial charge is 0.265 e. The molecular weight excluding hydrogens is 388 g/mol. The third-order valence-corrected chi connectivity index (χ3v) is 6.27. The average Bonchev–Trinajstić information content (AvgIpc) is 3.23. The molecule has 0 bridgehead atoms. The summed E-state index contributed by atoms with van der Waals surface area (Å²) in [5.74, 6) is 0.744. The standard InChI is InChI=1S/C21H22N4O3S/c26-19-12-15(22-21-25(19)10-11-29-21)13-24-14-18(20(27)23-8-4-1-5-9-23)28-17-7-3-2-6-16(17)24/h2-3,6-7,10-12,18H,1,4-5,8-9,13-14H2. The number of para-hydroxylation sites is 2. The molecule has 3 aromatic rings. The number of rotatable bonds is 3. The maximum atomic E-state index is 13.1. The quantitative estimate of drug-likeness (QED) is 0.664. The van der Waals surface area contributed by atoms with Crippen LogP contribution in [0.1, 0.15) is 25.0 Å². The number of anilines is 1. The second kappa shape index (κ2) is 7.51. The number of piperidine rings is 1. The number of hydrogen-bond acceptors (Lipinski definition) is 6. The molecule has 1 unspecified atom stereocenters. The summed E-state index contributed by atoms with van der Waals surface area (Å²) in [7, 11) is 0. The zero-order valence-electron chi connectivity index (χ0n) is 16.0. The molecule has 2 aliphatic rings. The van der Waals surface area contributed by atoms with Crippen molar-refractivity contribution >= 4 is 27.9 Å². The van der Waals surface area contributed by atoms with Crippen molar-refractivity contribution < 1.29 is 9.53 Å². The molecule has 1 aromatic carbocycles. The lowest BCUT2D eigenvalue weighted by Gasteiger charge is -2.38. The largest absolute Gasteiger partial charge is 0.477 e. The van der Waals surface area contributed by atoms with Crippen LogP contribution in [-0.4, -0.2) is 45.9 Å². The number of nitrogens with zero attached hydrogens (tertiary/aromatic N) is 4. The Labute approximate surface area is 172 Å². The third kappa shape index (κ3) is 3.48. The second-order valence-corrected chi connectivity index (χ2v) is 8.36. The van der Waals surface area contributed by atoms with Gasteiger partial charge in [0, 0.05) is 30.7 Å². The number of amides is 1. The van der Waals surface area contributed by atoms with Gasteiger partial charge in [-0.25, -0.2) is 4.98 Å². The highest BCUT2D eigenvalue weighted by Gasteiger charge is 2.34. The Kier molecular flexibility index (Phi) is 4.71. The van der Waals surface area contributed by atoms with Gasteiger partial charge in [0.25, 0.3) is 11.5 Å². The minimum atomic E-state index is -0.547. The topological polar surface area (TPSA) is 67.2 Å². The van der Waals surface area contributed by atoms with E-state index in [1.54, 1.807) is 16.7 Å². The summed E-state index contributed by atoms with van der Waals surface area (Å²) in [6.45, 7) is 2.49. The van der Waals surface area contributed by atoms with E-state index in [4.69, 9.17) is 4.74 Å². The van der Waals surface area contributed by atoms with E-state index in [0.717, 1.165) is 31.6 Å². The van der Waals surface area contributed by atoms with Crippen molar-refractivity contribution in [3.8, 4) is 5.75 Å². The fraction of sp³-hybridized carbons (Fsp3) is 0.381. The molecule has 7 nitrogen and oxygen atoms in total. The molecule has 0 N–H and O–H groups in total. The second-order valence-electron chi connectivity index (χ2n) is 7.48. The number of likely N-dealkylation sites (tertiary alicyclic amines) is 1. The van der Waals surface area contributed by atoms with E-state index in [0.29, 0.717) is 29.5 Å². The van der Waals surface area contributed by atoms with E-state index in [9.17, 15) is 9.59 Å². The number of ether oxygens (including phenoxy) is 1. The Morgan fingerprint density at radius 1 is 1.21 bits per heavy atom. The maximum Gasteiger partial charge on any atom is 0.265 e. The van der Waals surface area contributed by atoms with Crippen molar-refractivity contribution in [2.24, 2.45) is 0 Å². The number of carbonyl (C=O) groups is 1. The third-order valence-electron chi connectivity index (χ3n) is 5.51. The van der Waals surface area contributed by atoms with Crippen molar-refractivity contribution in [1.82, 2.24) is 14.3 Å². The van der Waals surface area contributed by atoms with E-state index < -0.39 is 6.10 Å². The number of hydrogen-bond donors (Lipinski definition) is 0. The van der Waals surface area contributed by atoms with Gasteiger partial charge in [0.2, 0.25) is 0 Å². The van der Waals surface area contributed by atoms with E-state index in [1.807, 2.05) is 34.5 Å². The fourth-order valence-corrected chi connectivity index (χ4v) is 4.81. The Bertz CT molecular complexity index is 1100. The first kappa shape index (κ1) is 18.2. The molecule has 29 heavy (non-hydrogen) atoms. The Morgan fingerprint density at radius 2 is 2.03 bits per heavy atom. The average molecular weight is 410 g/mol. The lowest BCUT2D eigenvalue weighted by molar-refractivity contribution is -0.139. The lowest BCUT2D eigenvalue weighted by Crippen LogP contribution is -2.51. The van der Waals surface area contributed by atoms with Gasteiger partial charge in [0.15, 0.2) is 11.1 Å². The van der Waals surface area contributed by atoms with Gasteiger partial charge < -0.3 is 14.5 Å². The van der Waals surface area contributed by atoms with Crippen LogP contribution in [0.3, 0.4) is 0 Å². The summed E-state index contributed by atoms with van der Waals surface area (Å²) >= 11 is 1.44. The predicted molar refractivity (Wildman–Crippen MR) is 112 cm³/mol. The molecule has 0 saturated carbocycles. The van der Waals surface area contributed by atoms with Crippen molar-refractivity contribution in [2.45, 2.75) is 31.9 Å². The first-order valence-corrected chi connectivity index (χ1v) is 10.8. The summed E-state index contributed by atoms with van der Waals surface area (Å²) in [5.41, 5.74) is 1.52. The van der Waals surface area contributed by atoms with Gasteiger partial charge in [0.1, 0.15) is 5.75 Å². The summed E-state index contributed by atoms with van der Waals surface area (Å²) in [6, 6.07) is 9.30. The summed E-state index contributed by atoms with van der Waals surface area (Å²) in [6.07, 6.45) is 4.46. The van der Waals surface area contributed by atoms with Gasteiger partial charge in [-0.3, -0.25) is 14.0 Å². The van der Waals surface area contributed by atoms with Crippen LogP contribution in [0.25, 0.3) is 4.96 Å². The SMILES string of the molecule is O=C(C1CN(Cc2cc(=O)n3ccsc3n2)c2ccccc2O1)N1CCCCC1. The number of carbonyl (C=O) groups excluding carboxylic acids is 1. The molecule has 0 radical (unpaired) electrons. The van der Waals surface area contributed by atoms with Crippen LogP contribution in [0, 0.1) is 0 Å². The molecule has 150 valence electrons. The van der Waals surface area contributed by atoms with Crippen LogP contribution in [0.4, 0.5) is 5.69 Å². The van der Waals surface area contributed by atoms with E-state index >= 15 is 0 Å². The number of fused-ring (bicyclic) bond motifs is 2. The Morgan fingerprint density at radius 3 is 2.90 bits per heavy atom. The number of aromatic nitrogens is 2. The molecular formula is C21H22N4O3S. The fourth-order valence-electron chi connectivity index (χ4n) is 4.07. The molecule has 1 saturated heterocycles. The van der Waals surface area contributed by atoms with E-state index in [-0.39, 0.29) is 11.5 Å². The molecule has 4 heterocycles. The molecule has 5 rings (SSSR count). The molecule has 1 fully saturated rings. The first-order valence-electron chi connectivity index (χ1n) is 9.94. The molecule has 1 amide bonds. The summed E-state index contributed by atoms with van der Waals surface area (Å²) in [4.78, 5) is 34.7.